The van der Waals surface area contributed by atoms with E-state index in [1.807, 2.05) is 24.4 Å². The zero-order valence-corrected chi connectivity index (χ0v) is 16.2. The number of hydrogen-bond donors (Lipinski definition) is 2. The van der Waals surface area contributed by atoms with Crippen LogP contribution in [0.3, 0.4) is 0 Å². The monoisotopic (exact) mass is 371 g/mol. The number of carbonyl (C=O) groups is 1. The number of nitrogens with zero attached hydrogens (tertiary/aromatic N) is 3. The van der Waals surface area contributed by atoms with Gasteiger partial charge in [0.2, 0.25) is 0 Å². The Morgan fingerprint density at radius 2 is 2.26 bits per heavy atom. The summed E-state index contributed by atoms with van der Waals surface area (Å²) in [5, 5.41) is 3.00. The van der Waals surface area contributed by atoms with E-state index in [0.29, 0.717) is 19.7 Å². The van der Waals surface area contributed by atoms with Crippen molar-refractivity contribution in [2.75, 3.05) is 36.5 Å². The number of nitrogens with one attached hydrogen (secondary N) is 2. The maximum Gasteiger partial charge on any atom is 0.321 e. The van der Waals surface area contributed by atoms with Crippen LogP contribution >= 0.6 is 0 Å². The molecule has 1 aromatic carbocycles. The van der Waals surface area contributed by atoms with Crippen LogP contribution in [-0.2, 0) is 6.54 Å². The minimum atomic E-state index is -0.0815. The first kappa shape index (κ1) is 19.1. The van der Waals surface area contributed by atoms with E-state index in [1.54, 1.807) is 18.3 Å². The molecule has 2 heterocycles. The van der Waals surface area contributed by atoms with Crippen LogP contribution < -0.4 is 19.9 Å². The molecule has 0 saturated heterocycles. The molecule has 0 bridgehead atoms. The SMILES string of the molecule is CCCCCCNC(=O)N(C)c1ccc2c(c1)N(Cc1c[nH]cn1)CCO2. The number of benzene rings is 1. The number of carbonyl (C=O) groups excluding carboxylic acids is 1. The molecule has 2 N–H and O–H groups in total. The first-order valence-corrected chi connectivity index (χ1v) is 9.70. The molecule has 7 heteroatoms. The Bertz CT molecular complexity index is 732. The first-order chi connectivity index (χ1) is 13.2. The molecule has 3 rings (SSSR count). The van der Waals surface area contributed by atoms with E-state index in [2.05, 4.69) is 27.1 Å². The molecule has 0 atom stereocenters. The van der Waals surface area contributed by atoms with Crippen molar-refractivity contribution >= 4 is 17.4 Å². The molecule has 27 heavy (non-hydrogen) atoms. The van der Waals surface area contributed by atoms with E-state index < -0.39 is 0 Å². The summed E-state index contributed by atoms with van der Waals surface area (Å²) in [7, 11) is 1.80. The van der Waals surface area contributed by atoms with Gasteiger partial charge in [-0.1, -0.05) is 26.2 Å². The fourth-order valence-electron chi connectivity index (χ4n) is 3.19. The van der Waals surface area contributed by atoms with E-state index in [4.69, 9.17) is 4.74 Å². The number of amides is 2. The van der Waals surface area contributed by atoms with Gasteiger partial charge in [0.1, 0.15) is 12.4 Å². The molecule has 0 radical (unpaired) electrons. The van der Waals surface area contributed by atoms with Crippen molar-refractivity contribution in [3.05, 3.63) is 36.4 Å². The lowest BCUT2D eigenvalue weighted by molar-refractivity contribution is 0.247. The number of rotatable bonds is 8. The van der Waals surface area contributed by atoms with Gasteiger partial charge in [0.15, 0.2) is 0 Å². The van der Waals surface area contributed by atoms with Gasteiger partial charge in [0, 0.05) is 25.5 Å². The average molecular weight is 371 g/mol. The number of H-pyrrole nitrogens is 1. The number of hydrogen-bond acceptors (Lipinski definition) is 4. The maximum absolute atomic E-state index is 12.4. The van der Waals surface area contributed by atoms with Crippen LogP contribution in [0.25, 0.3) is 0 Å². The van der Waals surface area contributed by atoms with Crippen LogP contribution in [0, 0.1) is 0 Å². The minimum Gasteiger partial charge on any atom is -0.490 e. The van der Waals surface area contributed by atoms with E-state index >= 15 is 0 Å². The highest BCUT2D eigenvalue weighted by atomic mass is 16.5. The minimum absolute atomic E-state index is 0.0815. The number of urea groups is 1. The summed E-state index contributed by atoms with van der Waals surface area (Å²) in [6.07, 6.45) is 8.16. The number of anilines is 2. The molecular formula is C20H29N5O2. The molecule has 1 aliphatic rings. The van der Waals surface area contributed by atoms with E-state index in [1.165, 1.54) is 12.8 Å². The topological polar surface area (TPSA) is 73.5 Å². The summed E-state index contributed by atoms with van der Waals surface area (Å²) in [4.78, 5) is 23.6. The average Bonchev–Trinajstić information content (AvgIpc) is 3.20. The van der Waals surface area contributed by atoms with Gasteiger partial charge in [-0.25, -0.2) is 9.78 Å². The third kappa shape index (κ3) is 4.93. The predicted octanol–water partition coefficient (Wildman–Crippen LogP) is 3.53. The summed E-state index contributed by atoms with van der Waals surface area (Å²) >= 11 is 0. The molecule has 2 amide bonds. The largest absolute Gasteiger partial charge is 0.490 e. The first-order valence-electron chi connectivity index (χ1n) is 9.70. The van der Waals surface area contributed by atoms with Crippen LogP contribution in [0.2, 0.25) is 0 Å². The Morgan fingerprint density at radius 1 is 1.37 bits per heavy atom. The van der Waals surface area contributed by atoms with Crippen molar-refractivity contribution in [2.45, 2.75) is 39.2 Å². The standard InChI is InChI=1S/C20H29N5O2/c1-3-4-5-6-9-22-20(26)24(2)17-7-8-19-18(12-17)25(10-11-27-19)14-16-13-21-15-23-16/h7-8,12-13,15H,3-6,9-11,14H2,1-2H3,(H,21,23)(H,22,26). The second kappa shape index (κ2) is 9.30. The van der Waals surface area contributed by atoms with E-state index in [0.717, 1.165) is 42.2 Å². The van der Waals surface area contributed by atoms with Crippen LogP contribution in [0.5, 0.6) is 5.75 Å². The van der Waals surface area contributed by atoms with Crippen LogP contribution in [0.15, 0.2) is 30.7 Å². The van der Waals surface area contributed by atoms with E-state index in [-0.39, 0.29) is 6.03 Å². The lowest BCUT2D eigenvalue weighted by atomic mass is 10.2. The van der Waals surface area contributed by atoms with Gasteiger partial charge in [0.05, 0.1) is 30.8 Å². The van der Waals surface area contributed by atoms with Gasteiger partial charge < -0.3 is 19.9 Å². The van der Waals surface area contributed by atoms with Gasteiger partial charge in [0.25, 0.3) is 0 Å². The summed E-state index contributed by atoms with van der Waals surface area (Å²) in [6, 6.07) is 5.79. The van der Waals surface area contributed by atoms with Gasteiger partial charge in [-0.2, -0.15) is 0 Å². The van der Waals surface area contributed by atoms with Crippen molar-refractivity contribution in [2.24, 2.45) is 0 Å². The Morgan fingerprint density at radius 3 is 3.04 bits per heavy atom. The molecule has 7 nitrogen and oxygen atoms in total. The fourth-order valence-corrected chi connectivity index (χ4v) is 3.19. The van der Waals surface area contributed by atoms with Gasteiger partial charge in [-0.15, -0.1) is 0 Å². The number of unbranched alkanes of at least 4 members (excludes halogenated alkanes) is 3. The number of fused-ring (bicyclic) bond motifs is 1. The predicted molar refractivity (Wildman–Crippen MR) is 108 cm³/mol. The molecule has 0 unspecified atom stereocenters. The highest BCUT2D eigenvalue weighted by molar-refractivity contribution is 5.92. The Labute approximate surface area is 160 Å². The Balaban J connectivity index is 1.65. The Hall–Kier alpha value is -2.70. The van der Waals surface area contributed by atoms with Crippen molar-refractivity contribution in [1.29, 1.82) is 0 Å². The van der Waals surface area contributed by atoms with Crippen molar-refractivity contribution in [3.8, 4) is 5.75 Å². The highest BCUT2D eigenvalue weighted by Gasteiger charge is 2.21. The van der Waals surface area contributed by atoms with Crippen molar-refractivity contribution < 1.29 is 9.53 Å². The summed E-state index contributed by atoms with van der Waals surface area (Å²) in [5.74, 6) is 0.842. The third-order valence-corrected chi connectivity index (χ3v) is 4.81. The molecule has 1 aliphatic heterocycles. The van der Waals surface area contributed by atoms with Crippen molar-refractivity contribution in [3.63, 3.8) is 0 Å². The normalized spacial score (nSPS) is 13.0. The number of aromatic amines is 1. The molecule has 0 fully saturated rings. The van der Waals surface area contributed by atoms with Crippen LogP contribution in [0.4, 0.5) is 16.2 Å². The second-order valence-corrected chi connectivity index (χ2v) is 6.83. The quantitative estimate of drug-likeness (QED) is 0.696. The number of aromatic nitrogens is 2. The van der Waals surface area contributed by atoms with Gasteiger partial charge >= 0.3 is 6.03 Å². The van der Waals surface area contributed by atoms with Crippen molar-refractivity contribution in [1.82, 2.24) is 15.3 Å². The lowest BCUT2D eigenvalue weighted by Crippen LogP contribution is -2.38. The third-order valence-electron chi connectivity index (χ3n) is 4.81. The van der Waals surface area contributed by atoms with E-state index in [9.17, 15) is 4.79 Å². The zero-order valence-electron chi connectivity index (χ0n) is 16.2. The lowest BCUT2D eigenvalue weighted by Gasteiger charge is -2.32. The molecule has 146 valence electrons. The molecule has 0 aliphatic carbocycles. The van der Waals surface area contributed by atoms with Crippen LogP contribution in [0.1, 0.15) is 38.3 Å². The molecule has 1 aromatic heterocycles. The van der Waals surface area contributed by atoms with Gasteiger partial charge in [-0.3, -0.25) is 4.90 Å². The summed E-state index contributed by atoms with van der Waals surface area (Å²) in [6.45, 7) is 5.03. The Kier molecular flexibility index (Phi) is 6.57. The smallest absolute Gasteiger partial charge is 0.321 e. The van der Waals surface area contributed by atoms with Gasteiger partial charge in [-0.05, 0) is 24.6 Å². The van der Waals surface area contributed by atoms with Crippen LogP contribution in [-0.4, -0.2) is 42.7 Å². The zero-order chi connectivity index (χ0) is 19.1. The molecule has 2 aromatic rings. The molecule has 0 saturated carbocycles. The second-order valence-electron chi connectivity index (χ2n) is 6.83. The highest BCUT2D eigenvalue weighted by Crippen LogP contribution is 2.35. The number of ether oxygens (including phenoxy) is 1. The summed E-state index contributed by atoms with van der Waals surface area (Å²) < 4.78 is 5.78. The molecule has 0 spiro atoms. The number of imidazole rings is 1. The fraction of sp³-hybridized carbons (Fsp3) is 0.500. The molecular weight excluding hydrogens is 342 g/mol. The maximum atomic E-state index is 12.4. The summed E-state index contributed by atoms with van der Waals surface area (Å²) in [5.41, 5.74) is 2.81.